The van der Waals surface area contributed by atoms with E-state index in [1.165, 1.54) is 27.6 Å². The van der Waals surface area contributed by atoms with Gasteiger partial charge in [0.05, 0.1) is 0 Å². The average molecular weight is 671 g/mol. The molecule has 0 saturated carbocycles. The van der Waals surface area contributed by atoms with Crippen molar-refractivity contribution in [3.63, 3.8) is 0 Å². The van der Waals surface area contributed by atoms with Crippen LogP contribution in [-0.4, -0.2) is 21.6 Å². The van der Waals surface area contributed by atoms with Crippen LogP contribution >= 0.6 is 11.3 Å². The Morgan fingerprint density at radius 3 is 2.08 bits per heavy atom. The quantitative estimate of drug-likeness (QED) is 0.180. The van der Waals surface area contributed by atoms with Crippen molar-refractivity contribution in [2.45, 2.75) is 0 Å². The summed E-state index contributed by atoms with van der Waals surface area (Å²) in [5, 5.41) is 7.45. The van der Waals surface area contributed by atoms with Gasteiger partial charge in [-0.2, -0.15) is 22.5 Å². The van der Waals surface area contributed by atoms with Crippen LogP contribution in [0.4, 0.5) is 11.4 Å². The predicted molar refractivity (Wildman–Crippen MR) is 147 cm³/mol. The van der Waals surface area contributed by atoms with Crippen LogP contribution < -0.4 is 15.7 Å². The molecule has 4 nitrogen and oxygen atoms in total. The molecule has 0 unspecified atom stereocenters. The minimum absolute atomic E-state index is 0. The van der Waals surface area contributed by atoms with E-state index in [-0.39, 0.29) is 27.9 Å². The summed E-state index contributed by atoms with van der Waals surface area (Å²) in [6.07, 6.45) is 5.60. The molecule has 2 aliphatic rings. The van der Waals surface area contributed by atoms with Crippen LogP contribution in [0, 0.1) is 12.1 Å². The standard InChI is InChI=1S/C30H17BN4S.Pt/c1-3-8-26-22(6-1)24-12-10-20(30-32-15-17-36-30)18-28(24)35-29-19-21(34-16-5-14-33-34)11-13-25(29)23-7-2-4-9-27(23)31(26)35;/h1-17H;/q-2;+2. The van der Waals surface area contributed by atoms with Gasteiger partial charge in [-0.05, 0) is 11.8 Å². The number of hydrogen-bond donors (Lipinski definition) is 0. The fourth-order valence-corrected chi connectivity index (χ4v) is 6.19. The number of hydrogen-bond acceptors (Lipinski definition) is 4. The Labute approximate surface area is 233 Å². The SMILES string of the molecule is [Pt+2].[c-]1c(-c2nccs2)ccc2c1N1B(c3ccccc3-2)c2ccccc2-c2ccc(-n3cccn3)[c-]c21. The van der Waals surface area contributed by atoms with Gasteiger partial charge in [0.25, 0.3) is 0 Å². The summed E-state index contributed by atoms with van der Waals surface area (Å²) in [6, 6.07) is 35.5. The molecular formula is C30H17BN4PtS. The Morgan fingerprint density at radius 2 is 1.41 bits per heavy atom. The molecule has 2 aromatic heterocycles. The minimum atomic E-state index is 0. The van der Waals surface area contributed by atoms with Crippen LogP contribution in [0.5, 0.6) is 0 Å². The van der Waals surface area contributed by atoms with Crippen LogP contribution in [0.15, 0.2) is 103 Å². The topological polar surface area (TPSA) is 34.0 Å². The Kier molecular flexibility index (Phi) is 5.28. The summed E-state index contributed by atoms with van der Waals surface area (Å²) < 4.78 is 1.87. The van der Waals surface area contributed by atoms with Gasteiger partial charge >= 0.3 is 27.9 Å². The van der Waals surface area contributed by atoms with Gasteiger partial charge in [-0.15, -0.1) is 41.5 Å². The first-order valence-corrected chi connectivity index (χ1v) is 12.8. The van der Waals surface area contributed by atoms with Crippen LogP contribution in [0.1, 0.15) is 0 Å². The van der Waals surface area contributed by atoms with E-state index in [0.29, 0.717) is 0 Å². The van der Waals surface area contributed by atoms with Crippen molar-refractivity contribution in [1.82, 2.24) is 14.8 Å². The first-order valence-electron chi connectivity index (χ1n) is 11.9. The van der Waals surface area contributed by atoms with E-state index >= 15 is 0 Å². The smallest absolute Gasteiger partial charge is 0.413 e. The summed E-state index contributed by atoms with van der Waals surface area (Å²) in [5.41, 5.74) is 11.4. The molecule has 0 amide bonds. The summed E-state index contributed by atoms with van der Waals surface area (Å²) in [6.45, 7) is 0.0179. The second-order valence-corrected chi connectivity index (χ2v) is 9.87. The molecule has 0 spiro atoms. The van der Waals surface area contributed by atoms with E-state index < -0.39 is 0 Å². The normalized spacial score (nSPS) is 12.5. The number of fused-ring (bicyclic) bond motifs is 11. The van der Waals surface area contributed by atoms with Gasteiger partial charge in [0.1, 0.15) is 0 Å². The maximum absolute atomic E-state index is 4.56. The van der Waals surface area contributed by atoms with E-state index in [1.54, 1.807) is 17.5 Å². The predicted octanol–water partition coefficient (Wildman–Crippen LogP) is 5.50. The second-order valence-electron chi connectivity index (χ2n) is 8.98. The molecular weight excluding hydrogens is 654 g/mol. The van der Waals surface area contributed by atoms with Gasteiger partial charge < -0.3 is 4.81 Å². The molecule has 8 rings (SSSR count). The zero-order chi connectivity index (χ0) is 23.6. The zero-order valence-electron chi connectivity index (χ0n) is 19.4. The molecule has 176 valence electrons. The molecule has 2 aliphatic heterocycles. The maximum Gasteiger partial charge on any atom is 2.00 e. The van der Waals surface area contributed by atoms with Crippen molar-refractivity contribution >= 4 is 40.5 Å². The van der Waals surface area contributed by atoms with Gasteiger partial charge in [-0.3, -0.25) is 9.67 Å². The van der Waals surface area contributed by atoms with Crippen molar-refractivity contribution in [2.24, 2.45) is 0 Å². The second kappa shape index (κ2) is 8.69. The van der Waals surface area contributed by atoms with Crippen molar-refractivity contribution < 1.29 is 21.1 Å². The third-order valence-electron chi connectivity index (χ3n) is 7.08. The van der Waals surface area contributed by atoms with Gasteiger partial charge in [-0.1, -0.05) is 87.5 Å². The molecule has 0 N–H and O–H groups in total. The van der Waals surface area contributed by atoms with E-state index in [9.17, 15) is 0 Å². The number of rotatable bonds is 2. The van der Waals surface area contributed by atoms with Gasteiger partial charge in [-0.25, -0.2) is 0 Å². The number of benzene rings is 4. The third kappa shape index (κ3) is 3.33. The molecule has 0 atom stereocenters. The van der Waals surface area contributed by atoms with E-state index in [0.717, 1.165) is 33.2 Å². The molecule has 0 saturated heterocycles. The first-order chi connectivity index (χ1) is 17.9. The molecule has 0 bridgehead atoms. The largest absolute Gasteiger partial charge is 2.00 e. The average Bonchev–Trinajstić information content (AvgIpc) is 3.67. The van der Waals surface area contributed by atoms with Crippen LogP contribution in [0.2, 0.25) is 0 Å². The van der Waals surface area contributed by atoms with Crippen molar-refractivity contribution in [2.75, 3.05) is 4.81 Å². The Morgan fingerprint density at radius 1 is 0.703 bits per heavy atom. The van der Waals surface area contributed by atoms with E-state index in [4.69, 9.17) is 0 Å². The fourth-order valence-electron chi connectivity index (χ4n) is 5.57. The molecule has 0 aliphatic carbocycles. The first kappa shape index (κ1) is 22.5. The molecule has 6 aromatic rings. The summed E-state index contributed by atoms with van der Waals surface area (Å²) in [4.78, 5) is 6.98. The Balaban J connectivity index is 0.00000231. The Bertz CT molecular complexity index is 1640. The monoisotopic (exact) mass is 671 g/mol. The van der Waals surface area contributed by atoms with Crippen molar-refractivity contribution in [3.8, 4) is 38.5 Å². The van der Waals surface area contributed by atoms with Gasteiger partial charge in [0.2, 0.25) is 0 Å². The third-order valence-corrected chi connectivity index (χ3v) is 7.89. The van der Waals surface area contributed by atoms with E-state index in [2.05, 4.69) is 99.8 Å². The molecule has 4 aromatic carbocycles. The zero-order valence-corrected chi connectivity index (χ0v) is 22.5. The van der Waals surface area contributed by atoms with Crippen molar-refractivity contribution in [1.29, 1.82) is 0 Å². The van der Waals surface area contributed by atoms with Crippen LogP contribution in [-0.2, 0) is 21.1 Å². The van der Waals surface area contributed by atoms with Gasteiger partial charge in [0, 0.05) is 29.0 Å². The van der Waals surface area contributed by atoms with Crippen molar-refractivity contribution in [3.05, 3.63) is 115 Å². The summed E-state index contributed by atoms with van der Waals surface area (Å²) in [5.74, 6) is 0. The minimum Gasteiger partial charge on any atom is -0.413 e. The maximum atomic E-state index is 4.56. The summed E-state index contributed by atoms with van der Waals surface area (Å²) >= 11 is 1.64. The molecule has 0 fully saturated rings. The number of thiazole rings is 1. The van der Waals surface area contributed by atoms with Crippen LogP contribution in [0.25, 0.3) is 38.5 Å². The Hall–Kier alpha value is -3.73. The fraction of sp³-hybridized carbons (Fsp3) is 0. The molecule has 37 heavy (non-hydrogen) atoms. The van der Waals surface area contributed by atoms with E-state index in [1.807, 2.05) is 28.5 Å². The number of aromatic nitrogens is 3. The number of nitrogens with zero attached hydrogens (tertiary/aromatic N) is 4. The number of anilines is 2. The molecule has 4 heterocycles. The molecule has 7 heteroatoms. The summed E-state index contributed by atoms with van der Waals surface area (Å²) in [7, 11) is 0. The van der Waals surface area contributed by atoms with Gasteiger partial charge in [0.15, 0.2) is 0 Å². The van der Waals surface area contributed by atoms with Crippen LogP contribution in [0.3, 0.4) is 0 Å². The molecule has 0 radical (unpaired) electrons.